The van der Waals surface area contributed by atoms with Crippen LogP contribution in [0.15, 0.2) is 23.2 Å². The fraction of sp³-hybridized carbons (Fsp3) is 0.250. The van der Waals surface area contributed by atoms with Crippen LogP contribution in [0, 0.1) is 0 Å². The molecule has 0 radical (unpaired) electrons. The van der Waals surface area contributed by atoms with E-state index in [-0.39, 0.29) is 11.2 Å². The van der Waals surface area contributed by atoms with Gasteiger partial charge in [-0.2, -0.15) is 4.99 Å². The van der Waals surface area contributed by atoms with Crippen LogP contribution in [0.4, 0.5) is 0 Å². The number of carbonyl (C=O) groups is 2. The molecule has 0 bridgehead atoms. The number of nitrogens with one attached hydrogen (secondary N) is 1. The third-order valence-electron chi connectivity index (χ3n) is 2.52. The van der Waals surface area contributed by atoms with Crippen molar-refractivity contribution in [3.63, 3.8) is 0 Å². The van der Waals surface area contributed by atoms with Gasteiger partial charge in [-0.1, -0.05) is 41.9 Å². The molecule has 1 fully saturated rings. The van der Waals surface area contributed by atoms with Gasteiger partial charge >= 0.3 is 0 Å². The third-order valence-corrected chi connectivity index (χ3v) is 4.50. The topological polar surface area (TPSA) is 58.5 Å². The summed E-state index contributed by atoms with van der Waals surface area (Å²) in [6.07, 6.45) is 0.691. The van der Waals surface area contributed by atoms with Gasteiger partial charge in [-0.05, 0) is 24.6 Å². The molecule has 1 aromatic carbocycles. The highest BCUT2D eigenvalue weighted by atomic mass is 35.5. The molecule has 100 valence electrons. The molecule has 0 saturated carbocycles. The first-order valence-electron chi connectivity index (χ1n) is 5.57. The van der Waals surface area contributed by atoms with E-state index in [1.54, 1.807) is 6.07 Å². The second-order valence-electron chi connectivity index (χ2n) is 3.85. The molecule has 7 heteroatoms. The first-order valence-corrected chi connectivity index (χ1v) is 7.20. The van der Waals surface area contributed by atoms with Gasteiger partial charge in [-0.15, -0.1) is 0 Å². The van der Waals surface area contributed by atoms with E-state index in [9.17, 15) is 9.59 Å². The fourth-order valence-corrected chi connectivity index (χ4v) is 2.71. The van der Waals surface area contributed by atoms with Gasteiger partial charge in [0, 0.05) is 5.56 Å². The molecule has 19 heavy (non-hydrogen) atoms. The van der Waals surface area contributed by atoms with Crippen LogP contribution in [-0.4, -0.2) is 22.2 Å². The highest BCUT2D eigenvalue weighted by Crippen LogP contribution is 2.24. The van der Waals surface area contributed by atoms with Crippen molar-refractivity contribution in [3.05, 3.63) is 33.8 Å². The SMILES string of the molecule is CC[C@H]1SC(=NC(=O)c2ccc(Cl)c(Cl)c2)NC1=O. The summed E-state index contributed by atoms with van der Waals surface area (Å²) in [5.41, 5.74) is 0.330. The number of amidine groups is 1. The molecule has 1 aliphatic rings. The van der Waals surface area contributed by atoms with Crippen molar-refractivity contribution in [2.45, 2.75) is 18.6 Å². The number of rotatable bonds is 2. The number of hydrogen-bond acceptors (Lipinski definition) is 3. The lowest BCUT2D eigenvalue weighted by Crippen LogP contribution is -2.24. The van der Waals surface area contributed by atoms with Gasteiger partial charge in [0.2, 0.25) is 5.91 Å². The van der Waals surface area contributed by atoms with Crippen LogP contribution in [0.5, 0.6) is 0 Å². The molecule has 0 spiro atoms. The lowest BCUT2D eigenvalue weighted by atomic mass is 10.2. The molecule has 4 nitrogen and oxygen atoms in total. The second-order valence-corrected chi connectivity index (χ2v) is 5.86. The number of benzene rings is 1. The average molecular weight is 317 g/mol. The number of carbonyl (C=O) groups excluding carboxylic acids is 2. The number of thioether (sulfide) groups is 1. The third kappa shape index (κ3) is 3.29. The zero-order chi connectivity index (χ0) is 14.0. The highest BCUT2D eigenvalue weighted by molar-refractivity contribution is 8.15. The summed E-state index contributed by atoms with van der Waals surface area (Å²) in [5.74, 6) is -0.577. The Morgan fingerprint density at radius 1 is 1.42 bits per heavy atom. The first kappa shape index (κ1) is 14.4. The maximum atomic E-state index is 11.9. The standard InChI is InChI=1S/C12H10Cl2N2O2S/c1-2-9-11(18)16-12(19-9)15-10(17)6-3-4-7(13)8(14)5-6/h3-5,9H,2H2,1H3,(H,15,16,17,18)/t9-/m1/s1. The lowest BCUT2D eigenvalue weighted by molar-refractivity contribution is -0.118. The largest absolute Gasteiger partial charge is 0.304 e. The van der Waals surface area contributed by atoms with Crippen LogP contribution in [0.3, 0.4) is 0 Å². The fourth-order valence-electron chi connectivity index (χ4n) is 1.51. The molecule has 1 atom stereocenters. The molecule has 0 aromatic heterocycles. The lowest BCUT2D eigenvalue weighted by Gasteiger charge is -2.00. The van der Waals surface area contributed by atoms with Crippen molar-refractivity contribution >= 4 is 51.9 Å². The Kier molecular flexibility index (Phi) is 4.50. The summed E-state index contributed by atoms with van der Waals surface area (Å²) >= 11 is 12.9. The number of halogens is 2. The number of nitrogens with zero attached hydrogens (tertiary/aromatic N) is 1. The number of amides is 2. The molecule has 1 aliphatic heterocycles. The minimum atomic E-state index is -0.460. The maximum Gasteiger partial charge on any atom is 0.279 e. The van der Waals surface area contributed by atoms with Crippen LogP contribution in [-0.2, 0) is 4.79 Å². The summed E-state index contributed by atoms with van der Waals surface area (Å²) in [7, 11) is 0. The van der Waals surface area contributed by atoms with Crippen LogP contribution >= 0.6 is 35.0 Å². The summed E-state index contributed by atoms with van der Waals surface area (Å²) < 4.78 is 0. The van der Waals surface area contributed by atoms with E-state index in [2.05, 4.69) is 10.3 Å². The van der Waals surface area contributed by atoms with Crippen molar-refractivity contribution in [2.24, 2.45) is 4.99 Å². The maximum absolute atomic E-state index is 11.9. The van der Waals surface area contributed by atoms with Crippen molar-refractivity contribution in [1.82, 2.24) is 5.32 Å². The van der Waals surface area contributed by atoms with Crippen molar-refractivity contribution in [1.29, 1.82) is 0 Å². The van der Waals surface area contributed by atoms with Crippen molar-refractivity contribution in [3.8, 4) is 0 Å². The summed E-state index contributed by atoms with van der Waals surface area (Å²) in [6.45, 7) is 1.90. The zero-order valence-corrected chi connectivity index (χ0v) is 12.3. The number of aliphatic imine (C=N–C) groups is 1. The van der Waals surface area contributed by atoms with Gasteiger partial charge in [-0.3, -0.25) is 9.59 Å². The van der Waals surface area contributed by atoms with Crippen LogP contribution in [0.2, 0.25) is 10.0 Å². The molecule has 1 N–H and O–H groups in total. The van der Waals surface area contributed by atoms with E-state index >= 15 is 0 Å². The molecule has 1 heterocycles. The molecular weight excluding hydrogens is 307 g/mol. The minimum absolute atomic E-state index is 0.117. The monoisotopic (exact) mass is 316 g/mol. The van der Waals surface area contributed by atoms with E-state index in [0.717, 1.165) is 0 Å². The zero-order valence-electron chi connectivity index (χ0n) is 9.94. The quantitative estimate of drug-likeness (QED) is 0.911. The Hall–Kier alpha value is -1.04. The van der Waals surface area contributed by atoms with Gasteiger partial charge in [0.1, 0.15) is 0 Å². The Bertz CT molecular complexity index is 575. The predicted octanol–water partition coefficient (Wildman–Crippen LogP) is 3.13. The van der Waals surface area contributed by atoms with E-state index in [1.807, 2.05) is 6.92 Å². The first-order chi connectivity index (χ1) is 9.01. The number of hydrogen-bond donors (Lipinski definition) is 1. The Balaban J connectivity index is 2.17. The molecule has 2 rings (SSSR count). The smallest absolute Gasteiger partial charge is 0.279 e. The summed E-state index contributed by atoms with van der Waals surface area (Å²) in [5, 5.41) is 3.39. The van der Waals surface area contributed by atoms with Gasteiger partial charge < -0.3 is 5.32 Å². The van der Waals surface area contributed by atoms with Crippen LogP contribution < -0.4 is 5.32 Å². The highest BCUT2D eigenvalue weighted by Gasteiger charge is 2.29. The Labute approximate surface area is 124 Å². The average Bonchev–Trinajstić information content (AvgIpc) is 2.72. The van der Waals surface area contributed by atoms with Gasteiger partial charge in [0.05, 0.1) is 15.3 Å². The summed E-state index contributed by atoms with van der Waals surface area (Å²) in [6, 6.07) is 4.53. The van der Waals surface area contributed by atoms with E-state index in [0.29, 0.717) is 27.2 Å². The molecule has 0 aliphatic carbocycles. The van der Waals surface area contributed by atoms with Crippen LogP contribution in [0.1, 0.15) is 23.7 Å². The molecule has 2 amide bonds. The minimum Gasteiger partial charge on any atom is -0.304 e. The molecule has 1 aromatic rings. The van der Waals surface area contributed by atoms with E-state index < -0.39 is 5.91 Å². The van der Waals surface area contributed by atoms with Crippen LogP contribution in [0.25, 0.3) is 0 Å². The summed E-state index contributed by atoms with van der Waals surface area (Å²) in [4.78, 5) is 27.3. The van der Waals surface area contributed by atoms with Gasteiger partial charge in [0.15, 0.2) is 5.17 Å². The Morgan fingerprint density at radius 3 is 2.74 bits per heavy atom. The van der Waals surface area contributed by atoms with Crippen molar-refractivity contribution in [2.75, 3.05) is 0 Å². The second kappa shape index (κ2) is 5.94. The Morgan fingerprint density at radius 2 is 2.16 bits per heavy atom. The molecule has 1 saturated heterocycles. The molecule has 0 unspecified atom stereocenters. The normalized spacial score (nSPS) is 20.7. The van der Waals surface area contributed by atoms with Gasteiger partial charge in [-0.25, -0.2) is 0 Å². The van der Waals surface area contributed by atoms with E-state index in [4.69, 9.17) is 23.2 Å². The van der Waals surface area contributed by atoms with E-state index in [1.165, 1.54) is 23.9 Å². The molecular formula is C12H10Cl2N2O2S. The predicted molar refractivity (Wildman–Crippen MR) is 78.0 cm³/mol. The van der Waals surface area contributed by atoms with Crippen molar-refractivity contribution < 1.29 is 9.59 Å². The van der Waals surface area contributed by atoms with Gasteiger partial charge in [0.25, 0.3) is 5.91 Å².